The number of benzene rings is 1. The molecule has 1 heterocycles. The van der Waals surface area contributed by atoms with Gasteiger partial charge in [-0.3, -0.25) is 9.69 Å². The van der Waals surface area contributed by atoms with E-state index < -0.39 is 12.0 Å². The molecule has 6 nitrogen and oxygen atoms in total. The summed E-state index contributed by atoms with van der Waals surface area (Å²) in [5, 5.41) is 9.48. The number of carboxylic acids is 1. The summed E-state index contributed by atoms with van der Waals surface area (Å²) >= 11 is 0. The third-order valence-corrected chi connectivity index (χ3v) is 3.08. The average Bonchev–Trinajstić information content (AvgIpc) is 2.48. The maximum atomic E-state index is 11.6. The fourth-order valence-electron chi connectivity index (χ4n) is 2.13. The van der Waals surface area contributed by atoms with Gasteiger partial charge in [0.15, 0.2) is 0 Å². The zero-order valence-electron chi connectivity index (χ0n) is 11.9. The summed E-state index contributed by atoms with van der Waals surface area (Å²) in [5.74, 6) is -0.898. The number of methoxy groups -OCH3 is 1. The first kappa shape index (κ1) is 14.9. The summed E-state index contributed by atoms with van der Waals surface area (Å²) < 4.78 is 4.97. The minimum absolute atomic E-state index is 0.271. The fraction of sp³-hybridized carbons (Fsp3) is 0.267. The van der Waals surface area contributed by atoms with Gasteiger partial charge in [0.2, 0.25) is 0 Å². The second kappa shape index (κ2) is 6.81. The first-order valence-electron chi connectivity index (χ1n) is 6.45. The smallest absolute Gasteiger partial charge is 0.325 e. The lowest BCUT2D eigenvalue weighted by Crippen LogP contribution is -2.30. The molecule has 6 heteroatoms. The molecule has 1 N–H and O–H groups in total. The van der Waals surface area contributed by atoms with Crippen LogP contribution >= 0.6 is 0 Å². The monoisotopic (exact) mass is 287 g/mol. The summed E-state index contributed by atoms with van der Waals surface area (Å²) in [6.45, 7) is 0.380. The number of hydrogen-bond donors (Lipinski definition) is 1. The van der Waals surface area contributed by atoms with E-state index in [-0.39, 0.29) is 6.01 Å². The van der Waals surface area contributed by atoms with E-state index in [0.29, 0.717) is 12.2 Å². The minimum Gasteiger partial charge on any atom is -0.480 e. The highest BCUT2D eigenvalue weighted by molar-refractivity contribution is 5.75. The van der Waals surface area contributed by atoms with Gasteiger partial charge in [-0.2, -0.15) is 4.98 Å². The van der Waals surface area contributed by atoms with Crippen LogP contribution in [0.3, 0.4) is 0 Å². The molecule has 110 valence electrons. The van der Waals surface area contributed by atoms with Crippen LogP contribution in [0.4, 0.5) is 0 Å². The Hall–Kier alpha value is -2.47. The third kappa shape index (κ3) is 3.76. The van der Waals surface area contributed by atoms with Gasteiger partial charge in [-0.15, -0.1) is 0 Å². The van der Waals surface area contributed by atoms with E-state index in [1.807, 2.05) is 18.2 Å². The topological polar surface area (TPSA) is 75.5 Å². The van der Waals surface area contributed by atoms with Crippen molar-refractivity contribution in [1.82, 2.24) is 14.9 Å². The van der Waals surface area contributed by atoms with E-state index in [1.165, 1.54) is 7.11 Å². The van der Waals surface area contributed by atoms with Crippen LogP contribution in [0.25, 0.3) is 0 Å². The van der Waals surface area contributed by atoms with Crippen LogP contribution < -0.4 is 4.74 Å². The van der Waals surface area contributed by atoms with Crippen molar-refractivity contribution < 1.29 is 14.6 Å². The van der Waals surface area contributed by atoms with Gasteiger partial charge in [0.25, 0.3) is 0 Å². The van der Waals surface area contributed by atoms with E-state index in [1.54, 1.807) is 36.3 Å². The highest BCUT2D eigenvalue weighted by Gasteiger charge is 2.24. The van der Waals surface area contributed by atoms with Gasteiger partial charge in [-0.05, 0) is 18.7 Å². The predicted octanol–water partition coefficient (Wildman–Crippen LogP) is 1.74. The van der Waals surface area contributed by atoms with E-state index in [9.17, 15) is 9.90 Å². The number of aliphatic carboxylic acids is 1. The maximum absolute atomic E-state index is 11.6. The number of ether oxygens (including phenoxy) is 1. The molecule has 0 spiro atoms. The van der Waals surface area contributed by atoms with Gasteiger partial charge in [0.05, 0.1) is 12.8 Å². The summed E-state index contributed by atoms with van der Waals surface area (Å²) in [6, 6.07) is 10.4. The van der Waals surface area contributed by atoms with E-state index in [0.717, 1.165) is 5.56 Å². The molecule has 2 rings (SSSR count). The number of carbonyl (C=O) groups is 1. The molecule has 0 fully saturated rings. The molecule has 0 aliphatic heterocycles. The molecule has 1 atom stereocenters. The molecular formula is C15H17N3O3. The molecule has 21 heavy (non-hydrogen) atoms. The molecule has 2 aromatic rings. The molecule has 0 aliphatic carbocycles. The number of aromatic nitrogens is 2. The average molecular weight is 287 g/mol. The molecule has 0 amide bonds. The highest BCUT2D eigenvalue weighted by Crippen LogP contribution is 2.21. The molecule has 0 aliphatic rings. The number of rotatable bonds is 6. The van der Waals surface area contributed by atoms with Crippen LogP contribution in [-0.4, -0.2) is 40.1 Å². The Morgan fingerprint density at radius 3 is 2.67 bits per heavy atom. The molecule has 0 saturated carbocycles. The Kier molecular flexibility index (Phi) is 4.84. The lowest BCUT2D eigenvalue weighted by atomic mass is 10.1. The quantitative estimate of drug-likeness (QED) is 0.872. The lowest BCUT2D eigenvalue weighted by molar-refractivity contribution is -0.143. The predicted molar refractivity (Wildman–Crippen MR) is 76.9 cm³/mol. The number of nitrogens with zero attached hydrogens (tertiary/aromatic N) is 3. The second-order valence-electron chi connectivity index (χ2n) is 4.60. The van der Waals surface area contributed by atoms with Gasteiger partial charge in [0, 0.05) is 12.7 Å². The van der Waals surface area contributed by atoms with Gasteiger partial charge in [-0.1, -0.05) is 30.3 Å². The zero-order chi connectivity index (χ0) is 15.2. The normalized spacial score (nSPS) is 12.1. The van der Waals surface area contributed by atoms with Crippen molar-refractivity contribution in [2.24, 2.45) is 0 Å². The van der Waals surface area contributed by atoms with Crippen molar-refractivity contribution in [3.63, 3.8) is 0 Å². The summed E-state index contributed by atoms with van der Waals surface area (Å²) in [5.41, 5.74) is 1.43. The van der Waals surface area contributed by atoms with Crippen LogP contribution in [0.2, 0.25) is 0 Å². The Bertz CT molecular complexity index is 604. The Morgan fingerprint density at radius 2 is 2.05 bits per heavy atom. The van der Waals surface area contributed by atoms with Crippen molar-refractivity contribution in [2.45, 2.75) is 12.6 Å². The Morgan fingerprint density at radius 1 is 1.33 bits per heavy atom. The molecule has 1 aromatic carbocycles. The zero-order valence-corrected chi connectivity index (χ0v) is 11.9. The second-order valence-corrected chi connectivity index (χ2v) is 4.60. The number of carboxylic acid groups (broad SMARTS) is 1. The van der Waals surface area contributed by atoms with Gasteiger partial charge < -0.3 is 9.84 Å². The molecule has 1 unspecified atom stereocenters. The first-order chi connectivity index (χ1) is 10.1. The van der Waals surface area contributed by atoms with Crippen molar-refractivity contribution in [3.8, 4) is 6.01 Å². The van der Waals surface area contributed by atoms with Crippen molar-refractivity contribution in [3.05, 3.63) is 53.9 Å². The van der Waals surface area contributed by atoms with E-state index in [2.05, 4.69) is 9.97 Å². The minimum atomic E-state index is -0.898. The Balaban J connectivity index is 2.19. The van der Waals surface area contributed by atoms with Crippen LogP contribution in [0.15, 0.2) is 42.6 Å². The van der Waals surface area contributed by atoms with Crippen molar-refractivity contribution in [1.29, 1.82) is 0 Å². The van der Waals surface area contributed by atoms with Crippen LogP contribution in [0.5, 0.6) is 6.01 Å². The van der Waals surface area contributed by atoms with Crippen LogP contribution in [0.1, 0.15) is 17.3 Å². The standard InChI is InChI=1S/C15H17N3O3/c1-18(10-12-8-9-16-15(17-12)21-2)13(14(19)20)11-6-4-3-5-7-11/h3-9,13H,10H2,1-2H3,(H,19,20). The summed E-state index contributed by atoms with van der Waals surface area (Å²) in [6.07, 6.45) is 1.59. The third-order valence-electron chi connectivity index (χ3n) is 3.08. The van der Waals surface area contributed by atoms with E-state index >= 15 is 0 Å². The van der Waals surface area contributed by atoms with Gasteiger partial charge >= 0.3 is 12.0 Å². The van der Waals surface area contributed by atoms with Gasteiger partial charge in [-0.25, -0.2) is 4.98 Å². The molecule has 0 saturated heterocycles. The van der Waals surface area contributed by atoms with Crippen molar-refractivity contribution >= 4 is 5.97 Å². The first-order valence-corrected chi connectivity index (χ1v) is 6.45. The van der Waals surface area contributed by atoms with Crippen LogP contribution in [-0.2, 0) is 11.3 Å². The van der Waals surface area contributed by atoms with Crippen LogP contribution in [0, 0.1) is 0 Å². The van der Waals surface area contributed by atoms with Crippen molar-refractivity contribution in [2.75, 3.05) is 14.2 Å². The number of likely N-dealkylation sites (N-methyl/N-ethyl adjacent to an activating group) is 1. The molecule has 0 bridgehead atoms. The molecule has 0 radical (unpaired) electrons. The van der Waals surface area contributed by atoms with E-state index in [4.69, 9.17) is 4.74 Å². The summed E-state index contributed by atoms with van der Waals surface area (Å²) in [4.78, 5) is 21.4. The number of hydrogen-bond acceptors (Lipinski definition) is 5. The maximum Gasteiger partial charge on any atom is 0.325 e. The fourth-order valence-corrected chi connectivity index (χ4v) is 2.13. The van der Waals surface area contributed by atoms with Gasteiger partial charge in [0.1, 0.15) is 6.04 Å². The summed E-state index contributed by atoms with van der Waals surface area (Å²) in [7, 11) is 3.24. The highest BCUT2D eigenvalue weighted by atomic mass is 16.5. The molecule has 1 aromatic heterocycles. The largest absolute Gasteiger partial charge is 0.480 e. The Labute approximate surface area is 123 Å². The molecular weight excluding hydrogens is 270 g/mol. The lowest BCUT2D eigenvalue weighted by Gasteiger charge is -2.24. The SMILES string of the molecule is COc1nccc(CN(C)C(C(=O)O)c2ccccc2)n1.